The molecule has 2 N–H and O–H groups in total. The fourth-order valence-electron chi connectivity index (χ4n) is 3.35. The van der Waals surface area contributed by atoms with E-state index in [0.717, 1.165) is 0 Å². The van der Waals surface area contributed by atoms with Gasteiger partial charge in [-0.05, 0) is 37.8 Å². The summed E-state index contributed by atoms with van der Waals surface area (Å²) in [7, 11) is -3.50. The molecule has 2 aliphatic rings. The molecule has 0 aromatic heterocycles. The molecule has 0 spiro atoms. The van der Waals surface area contributed by atoms with Crippen LogP contribution < -0.4 is 4.72 Å². The van der Waals surface area contributed by atoms with Crippen molar-refractivity contribution in [3.05, 3.63) is 35.9 Å². The number of likely N-dealkylation sites (tertiary alicyclic amines) is 1. The Balaban J connectivity index is 1.50. The first-order valence-corrected chi connectivity index (χ1v) is 9.99. The van der Waals surface area contributed by atoms with Gasteiger partial charge in [-0.1, -0.05) is 18.2 Å². The lowest BCUT2D eigenvalue weighted by atomic mass is 9.87. The van der Waals surface area contributed by atoms with E-state index in [1.54, 1.807) is 24.3 Å². The summed E-state index contributed by atoms with van der Waals surface area (Å²) in [5, 5.41) is 8.39. The molecular formula is C17H22N2O5S. The van der Waals surface area contributed by atoms with E-state index >= 15 is 0 Å². The van der Waals surface area contributed by atoms with Gasteiger partial charge in [-0.2, -0.15) is 0 Å². The molecule has 136 valence electrons. The lowest BCUT2D eigenvalue weighted by molar-refractivity contribution is -0.142. The highest BCUT2D eigenvalue weighted by molar-refractivity contribution is 7.90. The van der Waals surface area contributed by atoms with E-state index < -0.39 is 21.2 Å². The van der Waals surface area contributed by atoms with Crippen molar-refractivity contribution in [1.29, 1.82) is 0 Å². The Morgan fingerprint density at radius 2 is 1.64 bits per heavy atom. The molecule has 1 aromatic carbocycles. The van der Waals surface area contributed by atoms with Crippen LogP contribution in [0.3, 0.4) is 0 Å². The minimum absolute atomic E-state index is 0.158. The van der Waals surface area contributed by atoms with Crippen molar-refractivity contribution < 1.29 is 23.1 Å². The topological polar surface area (TPSA) is 104 Å². The highest BCUT2D eigenvalue weighted by Gasteiger charge is 2.41. The fraction of sp³-hybridized carbons (Fsp3) is 0.529. The minimum atomic E-state index is -3.50. The SMILES string of the molecule is O=C(O)C1CCC(NS(=O)(=O)C2CN(C(=O)c3ccccc3)C2)CC1. The van der Waals surface area contributed by atoms with Crippen molar-refractivity contribution in [2.45, 2.75) is 37.0 Å². The summed E-state index contributed by atoms with van der Waals surface area (Å²) in [6.45, 7) is 0.376. The number of amides is 1. The zero-order valence-electron chi connectivity index (χ0n) is 13.8. The number of rotatable bonds is 5. The zero-order chi connectivity index (χ0) is 18.0. The fourth-order valence-corrected chi connectivity index (χ4v) is 5.00. The summed E-state index contributed by atoms with van der Waals surface area (Å²) in [5.41, 5.74) is 0.554. The van der Waals surface area contributed by atoms with E-state index in [-0.39, 0.29) is 31.0 Å². The molecule has 8 heteroatoms. The molecule has 1 aliphatic carbocycles. The number of carbonyl (C=O) groups excluding carboxylic acids is 1. The summed E-state index contributed by atoms with van der Waals surface area (Å²) < 4.78 is 27.6. The first-order chi connectivity index (χ1) is 11.9. The van der Waals surface area contributed by atoms with Crippen molar-refractivity contribution >= 4 is 21.9 Å². The number of hydrogen-bond donors (Lipinski definition) is 2. The molecule has 0 radical (unpaired) electrons. The molecule has 3 rings (SSSR count). The Kier molecular flexibility index (Phi) is 5.10. The number of aliphatic carboxylic acids is 1. The van der Waals surface area contributed by atoms with Gasteiger partial charge in [-0.3, -0.25) is 9.59 Å². The lowest BCUT2D eigenvalue weighted by Gasteiger charge is -2.39. The number of carboxylic acids is 1. The molecule has 1 saturated heterocycles. The molecule has 25 heavy (non-hydrogen) atoms. The third kappa shape index (κ3) is 4.01. The molecular weight excluding hydrogens is 344 g/mol. The average Bonchev–Trinajstić information content (AvgIpc) is 2.54. The largest absolute Gasteiger partial charge is 0.481 e. The van der Waals surface area contributed by atoms with Crippen LogP contribution in [0.25, 0.3) is 0 Å². The Morgan fingerprint density at radius 1 is 1.04 bits per heavy atom. The molecule has 1 saturated carbocycles. The van der Waals surface area contributed by atoms with Gasteiger partial charge in [-0.15, -0.1) is 0 Å². The Bertz CT molecular complexity index is 736. The van der Waals surface area contributed by atoms with Gasteiger partial charge in [0.15, 0.2) is 0 Å². The highest BCUT2D eigenvalue weighted by atomic mass is 32.2. The molecule has 1 aromatic rings. The van der Waals surface area contributed by atoms with Crippen LogP contribution in [0.4, 0.5) is 0 Å². The monoisotopic (exact) mass is 366 g/mol. The number of sulfonamides is 1. The van der Waals surface area contributed by atoms with E-state index in [0.29, 0.717) is 31.2 Å². The van der Waals surface area contributed by atoms with Gasteiger partial charge in [0.05, 0.1) is 5.92 Å². The van der Waals surface area contributed by atoms with Crippen LogP contribution in [0.5, 0.6) is 0 Å². The molecule has 2 fully saturated rings. The Labute approximate surface area is 147 Å². The number of carboxylic acid groups (broad SMARTS) is 1. The average molecular weight is 366 g/mol. The maximum Gasteiger partial charge on any atom is 0.306 e. The number of nitrogens with one attached hydrogen (secondary N) is 1. The van der Waals surface area contributed by atoms with Crippen LogP contribution in [0.2, 0.25) is 0 Å². The van der Waals surface area contributed by atoms with E-state index in [9.17, 15) is 18.0 Å². The number of carbonyl (C=O) groups is 2. The Morgan fingerprint density at radius 3 is 2.20 bits per heavy atom. The number of nitrogens with zero attached hydrogens (tertiary/aromatic N) is 1. The van der Waals surface area contributed by atoms with Gasteiger partial charge in [0.2, 0.25) is 10.0 Å². The van der Waals surface area contributed by atoms with Gasteiger partial charge in [-0.25, -0.2) is 13.1 Å². The second-order valence-corrected chi connectivity index (χ2v) is 8.74. The van der Waals surface area contributed by atoms with Crippen molar-refractivity contribution in [2.24, 2.45) is 5.92 Å². The zero-order valence-corrected chi connectivity index (χ0v) is 14.6. The maximum atomic E-state index is 12.4. The summed E-state index contributed by atoms with van der Waals surface area (Å²) >= 11 is 0. The second-order valence-electron chi connectivity index (χ2n) is 6.75. The van der Waals surface area contributed by atoms with Crippen LogP contribution in [0, 0.1) is 5.92 Å². The quantitative estimate of drug-likeness (QED) is 0.811. The molecule has 0 unspecified atom stereocenters. The minimum Gasteiger partial charge on any atom is -0.481 e. The molecule has 1 amide bonds. The van der Waals surface area contributed by atoms with Crippen molar-refractivity contribution in [2.75, 3.05) is 13.1 Å². The van der Waals surface area contributed by atoms with E-state index in [2.05, 4.69) is 4.72 Å². The van der Waals surface area contributed by atoms with Crippen molar-refractivity contribution in [1.82, 2.24) is 9.62 Å². The van der Waals surface area contributed by atoms with Gasteiger partial charge >= 0.3 is 5.97 Å². The van der Waals surface area contributed by atoms with Crippen LogP contribution in [-0.2, 0) is 14.8 Å². The van der Waals surface area contributed by atoms with E-state index in [4.69, 9.17) is 5.11 Å². The van der Waals surface area contributed by atoms with Crippen LogP contribution in [0.15, 0.2) is 30.3 Å². The van der Waals surface area contributed by atoms with Gasteiger partial charge in [0.25, 0.3) is 5.91 Å². The predicted octanol–water partition coefficient (Wildman–Crippen LogP) is 1.07. The second kappa shape index (κ2) is 7.13. The predicted molar refractivity (Wildman–Crippen MR) is 91.6 cm³/mol. The third-order valence-corrected chi connectivity index (χ3v) is 6.84. The normalized spacial score (nSPS) is 24.6. The van der Waals surface area contributed by atoms with Crippen molar-refractivity contribution in [3.8, 4) is 0 Å². The first-order valence-electron chi connectivity index (χ1n) is 8.45. The number of benzene rings is 1. The van der Waals surface area contributed by atoms with Gasteiger partial charge < -0.3 is 10.0 Å². The highest BCUT2D eigenvalue weighted by Crippen LogP contribution is 2.26. The molecule has 1 heterocycles. The lowest BCUT2D eigenvalue weighted by Crippen LogP contribution is -2.60. The third-order valence-electron chi connectivity index (χ3n) is 5.00. The summed E-state index contributed by atoms with van der Waals surface area (Å²) in [6, 6.07) is 8.59. The Hall–Kier alpha value is -1.93. The van der Waals surface area contributed by atoms with Crippen LogP contribution in [0.1, 0.15) is 36.0 Å². The smallest absolute Gasteiger partial charge is 0.306 e. The van der Waals surface area contributed by atoms with Crippen LogP contribution in [-0.4, -0.2) is 54.7 Å². The first kappa shape index (κ1) is 17.9. The molecule has 1 aliphatic heterocycles. The van der Waals surface area contributed by atoms with Gasteiger partial charge in [0, 0.05) is 24.7 Å². The summed E-state index contributed by atoms with van der Waals surface area (Å²) in [5.74, 6) is -1.34. The summed E-state index contributed by atoms with van der Waals surface area (Å²) in [4.78, 5) is 24.7. The summed E-state index contributed by atoms with van der Waals surface area (Å²) in [6.07, 6.45) is 2.06. The number of hydrogen-bond acceptors (Lipinski definition) is 4. The van der Waals surface area contributed by atoms with E-state index in [1.807, 2.05) is 6.07 Å². The van der Waals surface area contributed by atoms with Gasteiger partial charge in [0.1, 0.15) is 5.25 Å². The van der Waals surface area contributed by atoms with Crippen LogP contribution >= 0.6 is 0 Å². The van der Waals surface area contributed by atoms with Crippen molar-refractivity contribution in [3.63, 3.8) is 0 Å². The van der Waals surface area contributed by atoms with E-state index in [1.165, 1.54) is 4.90 Å². The molecule has 0 atom stereocenters. The standard InChI is InChI=1S/C17H22N2O5S/c20-16(12-4-2-1-3-5-12)19-10-15(11-19)25(23,24)18-14-8-6-13(7-9-14)17(21)22/h1-5,13-15,18H,6-11H2,(H,21,22). The molecule has 0 bridgehead atoms. The maximum absolute atomic E-state index is 12.4. The molecule has 7 nitrogen and oxygen atoms in total.